The number of halogens is 2. The minimum atomic E-state index is -0.782. The van der Waals surface area contributed by atoms with Crippen LogP contribution in [0.5, 0.6) is 5.75 Å². The van der Waals surface area contributed by atoms with Gasteiger partial charge in [-0.25, -0.2) is 5.48 Å². The molecule has 0 spiro atoms. The number of hydrogen-bond acceptors (Lipinski definition) is 4. The van der Waals surface area contributed by atoms with Crippen LogP contribution in [0.15, 0.2) is 48.7 Å². The Balaban J connectivity index is 1.62. The van der Waals surface area contributed by atoms with Crippen LogP contribution in [-0.4, -0.2) is 21.6 Å². The van der Waals surface area contributed by atoms with Gasteiger partial charge in [-0.1, -0.05) is 53.5 Å². The molecule has 1 unspecified atom stereocenters. The van der Waals surface area contributed by atoms with Gasteiger partial charge in [-0.3, -0.25) is 14.8 Å². The van der Waals surface area contributed by atoms with Crippen molar-refractivity contribution in [2.75, 3.05) is 0 Å². The Bertz CT molecular complexity index is 1190. The quantitative estimate of drug-likeness (QED) is 0.364. The minimum absolute atomic E-state index is 0.0343. The molecule has 7 nitrogen and oxygen atoms in total. The highest BCUT2D eigenvalue weighted by molar-refractivity contribution is 6.42. The van der Waals surface area contributed by atoms with E-state index in [2.05, 4.69) is 11.4 Å². The summed E-state index contributed by atoms with van der Waals surface area (Å²) in [6, 6.07) is 12.9. The summed E-state index contributed by atoms with van der Waals surface area (Å²) in [5, 5.41) is 13.0. The molecule has 9 heteroatoms. The fourth-order valence-electron chi connectivity index (χ4n) is 3.95. The fourth-order valence-corrected chi connectivity index (χ4v) is 4.28. The molecule has 2 amide bonds. The molecule has 1 aliphatic carbocycles. The zero-order chi connectivity index (χ0) is 22.8. The zero-order valence-corrected chi connectivity index (χ0v) is 18.7. The van der Waals surface area contributed by atoms with Crippen LogP contribution in [0.2, 0.25) is 10.0 Å². The summed E-state index contributed by atoms with van der Waals surface area (Å²) in [5.74, 6) is -1.10. The maximum Gasteiger partial charge on any atom is 0.279 e. The monoisotopic (exact) mass is 473 g/mol. The van der Waals surface area contributed by atoms with Crippen LogP contribution < -0.4 is 15.5 Å². The molecule has 1 aliphatic rings. The Labute approximate surface area is 194 Å². The number of aryl methyl sites for hydroxylation is 2. The van der Waals surface area contributed by atoms with E-state index >= 15 is 0 Å². The lowest BCUT2D eigenvalue weighted by Gasteiger charge is -2.16. The molecule has 3 N–H and O–H groups in total. The van der Waals surface area contributed by atoms with Crippen LogP contribution in [-0.2, 0) is 20.1 Å². The summed E-state index contributed by atoms with van der Waals surface area (Å²) in [6.07, 6.45) is 3.11. The van der Waals surface area contributed by atoms with E-state index in [4.69, 9.17) is 33.1 Å². The number of benzene rings is 2. The number of rotatable bonds is 6. The number of carbonyl (C=O) groups is 2. The largest absolute Gasteiger partial charge is 0.486 e. The van der Waals surface area contributed by atoms with Crippen molar-refractivity contribution in [3.8, 4) is 5.75 Å². The number of nitrogens with one attached hydrogen (secondary N) is 2. The second kappa shape index (κ2) is 9.24. The first-order valence-corrected chi connectivity index (χ1v) is 10.7. The molecular weight excluding hydrogens is 453 g/mol. The number of aromatic nitrogens is 1. The van der Waals surface area contributed by atoms with Gasteiger partial charge in [0.2, 0.25) is 0 Å². The summed E-state index contributed by atoms with van der Waals surface area (Å²) in [7, 11) is 1.64. The Morgan fingerprint density at radius 3 is 2.69 bits per heavy atom. The summed E-state index contributed by atoms with van der Waals surface area (Å²) < 4.78 is 7.40. The van der Waals surface area contributed by atoms with E-state index in [1.807, 2.05) is 18.2 Å². The third kappa shape index (κ3) is 4.32. The van der Waals surface area contributed by atoms with Crippen molar-refractivity contribution < 1.29 is 19.5 Å². The first-order chi connectivity index (χ1) is 15.4. The number of hydroxylamine groups is 1. The van der Waals surface area contributed by atoms with Crippen molar-refractivity contribution in [2.45, 2.75) is 25.5 Å². The highest BCUT2D eigenvalue weighted by atomic mass is 35.5. The maximum atomic E-state index is 13.2. The standard InChI is InChI=1S/C23H21Cl2N3O4/c1-28-11-16(22(29)27-31)21(32-12-13-6-8-17(24)18(25)10-13)20(28)23(30)26-19-9-7-14-4-2-3-5-15(14)19/h2-6,8,10-11,19,31H,7,9,12H2,1H3,(H,26,30)(H,27,29). The van der Waals surface area contributed by atoms with Gasteiger partial charge in [0.05, 0.1) is 16.1 Å². The number of fused-ring (bicyclic) bond motifs is 1. The van der Waals surface area contributed by atoms with Crippen LogP contribution in [0.3, 0.4) is 0 Å². The predicted molar refractivity (Wildman–Crippen MR) is 120 cm³/mol. The summed E-state index contributed by atoms with van der Waals surface area (Å²) in [5.41, 5.74) is 4.81. The van der Waals surface area contributed by atoms with Crippen molar-refractivity contribution in [1.82, 2.24) is 15.4 Å². The molecule has 0 aliphatic heterocycles. The normalized spacial score (nSPS) is 14.7. The molecule has 32 heavy (non-hydrogen) atoms. The van der Waals surface area contributed by atoms with E-state index in [1.165, 1.54) is 16.3 Å². The van der Waals surface area contributed by atoms with Crippen molar-refractivity contribution in [3.05, 3.63) is 86.7 Å². The van der Waals surface area contributed by atoms with Gasteiger partial charge in [0, 0.05) is 13.2 Å². The van der Waals surface area contributed by atoms with Crippen LogP contribution in [0.4, 0.5) is 0 Å². The third-order valence-corrected chi connectivity index (χ3v) is 6.24. The molecule has 1 atom stereocenters. The van der Waals surface area contributed by atoms with Crippen molar-refractivity contribution >= 4 is 35.0 Å². The van der Waals surface area contributed by atoms with Gasteiger partial charge in [0.1, 0.15) is 17.9 Å². The van der Waals surface area contributed by atoms with Gasteiger partial charge in [0.15, 0.2) is 5.75 Å². The average molecular weight is 474 g/mol. The Kier molecular flexibility index (Phi) is 6.41. The SMILES string of the molecule is Cn1cc(C(=O)NO)c(OCc2ccc(Cl)c(Cl)c2)c1C(=O)NC1CCc2ccccc21. The number of ether oxygens (including phenoxy) is 1. The molecule has 0 saturated carbocycles. The van der Waals surface area contributed by atoms with E-state index < -0.39 is 5.91 Å². The Morgan fingerprint density at radius 2 is 1.94 bits per heavy atom. The highest BCUT2D eigenvalue weighted by Gasteiger charge is 2.29. The minimum Gasteiger partial charge on any atom is -0.486 e. The van der Waals surface area contributed by atoms with Crippen LogP contribution in [0.25, 0.3) is 0 Å². The van der Waals surface area contributed by atoms with Gasteiger partial charge in [-0.05, 0) is 41.7 Å². The molecule has 1 aromatic heterocycles. The van der Waals surface area contributed by atoms with Crippen LogP contribution in [0, 0.1) is 0 Å². The van der Waals surface area contributed by atoms with Crippen LogP contribution in [0.1, 0.15) is 50.0 Å². The summed E-state index contributed by atoms with van der Waals surface area (Å²) in [6.45, 7) is 0.0408. The maximum absolute atomic E-state index is 13.2. The molecule has 166 valence electrons. The van der Waals surface area contributed by atoms with Gasteiger partial charge in [-0.15, -0.1) is 0 Å². The zero-order valence-electron chi connectivity index (χ0n) is 17.2. The number of nitrogens with zero attached hydrogens (tertiary/aromatic N) is 1. The van der Waals surface area contributed by atoms with Crippen LogP contribution >= 0.6 is 23.2 Å². The lowest BCUT2D eigenvalue weighted by atomic mass is 10.1. The van der Waals surface area contributed by atoms with Crippen molar-refractivity contribution in [3.63, 3.8) is 0 Å². The Morgan fingerprint density at radius 1 is 1.16 bits per heavy atom. The molecule has 0 radical (unpaired) electrons. The first-order valence-electron chi connectivity index (χ1n) is 9.98. The van der Waals surface area contributed by atoms with E-state index in [0.29, 0.717) is 15.6 Å². The molecule has 4 rings (SSSR count). The summed E-state index contributed by atoms with van der Waals surface area (Å²) in [4.78, 5) is 25.5. The Hall–Kier alpha value is -3.00. The van der Waals surface area contributed by atoms with Gasteiger partial charge >= 0.3 is 0 Å². The van der Waals surface area contributed by atoms with Gasteiger partial charge in [0.25, 0.3) is 11.8 Å². The second-order valence-corrected chi connectivity index (χ2v) is 8.39. The topological polar surface area (TPSA) is 92.6 Å². The lowest BCUT2D eigenvalue weighted by Crippen LogP contribution is -2.29. The van der Waals surface area contributed by atoms with Crippen molar-refractivity contribution in [2.24, 2.45) is 7.05 Å². The fraction of sp³-hybridized carbons (Fsp3) is 0.217. The molecule has 3 aromatic rings. The van der Waals surface area contributed by atoms with Gasteiger partial charge < -0.3 is 14.6 Å². The van der Waals surface area contributed by atoms with Crippen molar-refractivity contribution in [1.29, 1.82) is 0 Å². The predicted octanol–water partition coefficient (Wildman–Crippen LogP) is 4.45. The molecular formula is C23H21Cl2N3O4. The molecule has 1 heterocycles. The van der Waals surface area contributed by atoms with E-state index in [-0.39, 0.29) is 35.6 Å². The van der Waals surface area contributed by atoms with E-state index in [1.54, 1.807) is 30.7 Å². The second-order valence-electron chi connectivity index (χ2n) is 7.57. The number of amides is 2. The third-order valence-electron chi connectivity index (χ3n) is 5.50. The molecule has 0 fully saturated rings. The molecule has 0 bridgehead atoms. The average Bonchev–Trinajstić information content (AvgIpc) is 3.34. The lowest BCUT2D eigenvalue weighted by molar-refractivity contribution is 0.0702. The van der Waals surface area contributed by atoms with E-state index in [9.17, 15) is 9.59 Å². The smallest absolute Gasteiger partial charge is 0.279 e. The molecule has 2 aromatic carbocycles. The summed E-state index contributed by atoms with van der Waals surface area (Å²) >= 11 is 12.0. The van der Waals surface area contributed by atoms with Gasteiger partial charge in [-0.2, -0.15) is 0 Å². The van der Waals surface area contributed by atoms with E-state index in [0.717, 1.165) is 18.4 Å². The number of hydrogen-bond donors (Lipinski definition) is 3. The number of carbonyl (C=O) groups excluding carboxylic acids is 2. The molecule has 0 saturated heterocycles. The highest BCUT2D eigenvalue weighted by Crippen LogP contribution is 2.33. The first kappa shape index (κ1) is 22.2.